The molecular weight excluding hydrogens is 480 g/mol. The number of ether oxygens (including phenoxy) is 1. The van der Waals surface area contributed by atoms with Crippen molar-refractivity contribution in [3.05, 3.63) is 60.2 Å². The lowest BCUT2D eigenvalue weighted by Crippen LogP contribution is -2.49. The minimum absolute atomic E-state index is 0.000245. The highest BCUT2D eigenvalue weighted by Gasteiger charge is 2.50. The number of aromatic nitrogens is 4. The van der Waals surface area contributed by atoms with Crippen LogP contribution in [0.15, 0.2) is 46.5 Å². The summed E-state index contributed by atoms with van der Waals surface area (Å²) in [5, 5.41) is 2.77. The van der Waals surface area contributed by atoms with Crippen LogP contribution in [0, 0.1) is 11.9 Å². The fourth-order valence-electron chi connectivity index (χ4n) is 3.74. The molecule has 3 aromatic heterocycles. The van der Waals surface area contributed by atoms with Crippen LogP contribution < -0.4 is 15.8 Å². The van der Waals surface area contributed by atoms with Crippen molar-refractivity contribution in [2.45, 2.75) is 37.7 Å². The van der Waals surface area contributed by atoms with Crippen molar-refractivity contribution >= 4 is 28.5 Å². The molecule has 4 heterocycles. The van der Waals surface area contributed by atoms with Crippen molar-refractivity contribution in [1.82, 2.24) is 19.9 Å². The van der Waals surface area contributed by atoms with Gasteiger partial charge in [-0.05, 0) is 19.9 Å². The molecule has 1 aliphatic rings. The molecule has 3 atom stereocenters. The zero-order valence-corrected chi connectivity index (χ0v) is 20.0. The van der Waals surface area contributed by atoms with Gasteiger partial charge in [0.25, 0.3) is 5.91 Å². The van der Waals surface area contributed by atoms with Gasteiger partial charge in [0, 0.05) is 11.5 Å². The van der Waals surface area contributed by atoms with Crippen LogP contribution in [0.3, 0.4) is 0 Å². The first kappa shape index (κ1) is 24.5. The Morgan fingerprint density at radius 2 is 2.06 bits per heavy atom. The largest absolute Gasteiger partial charge is 0.467 e. The summed E-state index contributed by atoms with van der Waals surface area (Å²) in [5.41, 5.74) is 5.07. The van der Waals surface area contributed by atoms with Crippen molar-refractivity contribution in [2.75, 3.05) is 12.0 Å². The molecule has 35 heavy (non-hydrogen) atoms. The number of amidine groups is 1. The van der Waals surface area contributed by atoms with Crippen LogP contribution >= 0.6 is 11.8 Å². The maximum Gasteiger partial charge on any atom is 0.275 e. The third kappa shape index (κ3) is 4.94. The van der Waals surface area contributed by atoms with Gasteiger partial charge in [-0.2, -0.15) is 4.39 Å². The Labute approximate surface area is 203 Å². The number of thioether (sulfide) groups is 1. The van der Waals surface area contributed by atoms with Gasteiger partial charge >= 0.3 is 0 Å². The van der Waals surface area contributed by atoms with Gasteiger partial charge in [-0.1, -0.05) is 18.7 Å². The molecule has 3 aromatic rings. The Kier molecular flexibility index (Phi) is 6.70. The number of carbonyl (C=O) groups excluding carboxylic acids is 1. The number of anilines is 1. The van der Waals surface area contributed by atoms with E-state index >= 15 is 0 Å². The molecule has 0 radical (unpaired) electrons. The standard InChI is InChI=1S/C22H23F2N7O3S/c1-12-21(2,11-23)35-20(25)31-22(12,3)14-6-13(7-29-18(14)24)30-19(32)15-8-28-16(9-27-15)34-10-17-26-4-5-33-17/h4-9,12H,10-11H2,1-3H3,(H2,25,31)(H,30,32)/t12?,21-,22+/m1/s1. The quantitative estimate of drug-likeness (QED) is 0.464. The molecule has 184 valence electrons. The van der Waals surface area contributed by atoms with Gasteiger partial charge in [0.2, 0.25) is 17.7 Å². The van der Waals surface area contributed by atoms with E-state index in [1.54, 1.807) is 20.8 Å². The second-order valence-corrected chi connectivity index (χ2v) is 9.89. The average molecular weight is 504 g/mol. The van der Waals surface area contributed by atoms with Gasteiger partial charge in [-0.15, -0.1) is 0 Å². The molecule has 0 spiro atoms. The second-order valence-electron chi connectivity index (χ2n) is 8.34. The predicted molar refractivity (Wildman–Crippen MR) is 125 cm³/mol. The van der Waals surface area contributed by atoms with Crippen LogP contribution in [0.2, 0.25) is 0 Å². The average Bonchev–Trinajstić information content (AvgIpc) is 3.36. The molecule has 0 aliphatic carbocycles. The van der Waals surface area contributed by atoms with Crippen molar-refractivity contribution in [2.24, 2.45) is 16.6 Å². The Morgan fingerprint density at radius 1 is 1.26 bits per heavy atom. The summed E-state index contributed by atoms with van der Waals surface area (Å²) in [6.45, 7) is 4.56. The second kappa shape index (κ2) is 9.56. The number of hydrogen-bond acceptors (Lipinski definition) is 10. The lowest BCUT2D eigenvalue weighted by Gasteiger charge is -2.46. The van der Waals surface area contributed by atoms with Crippen molar-refractivity contribution in [1.29, 1.82) is 0 Å². The van der Waals surface area contributed by atoms with E-state index in [0.29, 0.717) is 5.89 Å². The summed E-state index contributed by atoms with van der Waals surface area (Å²) in [7, 11) is 0. The van der Waals surface area contributed by atoms with Crippen LogP contribution in [-0.2, 0) is 12.1 Å². The Hall–Kier alpha value is -3.61. The normalized spacial score (nSPS) is 24.0. The fraction of sp³-hybridized carbons (Fsp3) is 0.364. The number of halogens is 2. The zero-order valence-electron chi connectivity index (χ0n) is 19.2. The maximum atomic E-state index is 14.9. The fourth-order valence-corrected chi connectivity index (χ4v) is 4.92. The first-order valence-corrected chi connectivity index (χ1v) is 11.4. The van der Waals surface area contributed by atoms with Crippen LogP contribution in [0.4, 0.5) is 14.5 Å². The topological polar surface area (TPSA) is 141 Å². The first-order valence-electron chi connectivity index (χ1n) is 10.6. The number of nitrogens with one attached hydrogen (secondary N) is 1. The van der Waals surface area contributed by atoms with Gasteiger partial charge in [-0.3, -0.25) is 9.79 Å². The monoisotopic (exact) mass is 503 g/mol. The van der Waals surface area contributed by atoms with Gasteiger partial charge in [-0.25, -0.2) is 24.3 Å². The van der Waals surface area contributed by atoms with E-state index in [9.17, 15) is 13.6 Å². The molecule has 0 saturated heterocycles. The Bertz CT molecular complexity index is 1240. The van der Waals surface area contributed by atoms with Crippen LogP contribution in [0.1, 0.15) is 42.7 Å². The summed E-state index contributed by atoms with van der Waals surface area (Å²) >= 11 is 1.12. The number of amides is 1. The highest BCUT2D eigenvalue weighted by Crippen LogP contribution is 2.50. The molecule has 1 unspecified atom stereocenters. The maximum absolute atomic E-state index is 14.9. The van der Waals surface area contributed by atoms with E-state index in [-0.39, 0.29) is 34.6 Å². The SMILES string of the molecule is CC1[C@@](C)(CF)SC(N)=N[C@]1(C)c1cc(NC(=O)c2cnc(OCc3ncco3)cn2)cnc1F. The van der Waals surface area contributed by atoms with Crippen molar-refractivity contribution in [3.8, 4) is 5.88 Å². The number of pyridine rings is 1. The number of aliphatic imine (C=N–C) groups is 1. The Balaban J connectivity index is 1.52. The third-order valence-electron chi connectivity index (χ3n) is 6.03. The van der Waals surface area contributed by atoms with Crippen molar-refractivity contribution in [3.63, 3.8) is 0 Å². The number of rotatable bonds is 7. The van der Waals surface area contributed by atoms with Crippen LogP contribution in [-0.4, -0.2) is 42.4 Å². The number of nitrogens with two attached hydrogens (primary N) is 1. The van der Waals surface area contributed by atoms with Crippen LogP contribution in [0.25, 0.3) is 0 Å². The van der Waals surface area contributed by atoms with E-state index < -0.39 is 34.7 Å². The first-order chi connectivity index (χ1) is 16.6. The molecule has 0 bridgehead atoms. The molecular formula is C22H23F2N7O3S. The highest BCUT2D eigenvalue weighted by molar-refractivity contribution is 8.15. The molecule has 1 aliphatic heterocycles. The van der Waals surface area contributed by atoms with Gasteiger partial charge in [0.05, 0.1) is 40.8 Å². The molecule has 4 rings (SSSR count). The molecule has 1 amide bonds. The Morgan fingerprint density at radius 3 is 2.71 bits per heavy atom. The van der Waals surface area contributed by atoms with E-state index in [4.69, 9.17) is 14.9 Å². The minimum Gasteiger partial charge on any atom is -0.467 e. The predicted octanol–water partition coefficient (Wildman–Crippen LogP) is 3.47. The summed E-state index contributed by atoms with van der Waals surface area (Å²) in [6.07, 6.45) is 6.60. The molecule has 0 aromatic carbocycles. The van der Waals surface area contributed by atoms with E-state index in [1.165, 1.54) is 37.1 Å². The summed E-state index contributed by atoms with van der Waals surface area (Å²) in [5.74, 6) is -1.27. The van der Waals surface area contributed by atoms with Gasteiger partial charge in [0.1, 0.15) is 18.6 Å². The number of hydrogen-bond donors (Lipinski definition) is 2. The van der Waals surface area contributed by atoms with E-state index in [0.717, 1.165) is 11.8 Å². The lowest BCUT2D eigenvalue weighted by molar-refractivity contribution is 0.102. The van der Waals surface area contributed by atoms with Crippen LogP contribution in [0.5, 0.6) is 5.88 Å². The summed E-state index contributed by atoms with van der Waals surface area (Å²) in [4.78, 5) is 32.9. The van der Waals surface area contributed by atoms with Gasteiger partial charge in [0.15, 0.2) is 11.8 Å². The third-order valence-corrected chi connectivity index (χ3v) is 7.26. The van der Waals surface area contributed by atoms with Gasteiger partial charge < -0.3 is 20.2 Å². The smallest absolute Gasteiger partial charge is 0.275 e. The van der Waals surface area contributed by atoms with E-state index in [1.807, 2.05) is 0 Å². The number of alkyl halides is 1. The zero-order chi connectivity index (χ0) is 25.2. The van der Waals surface area contributed by atoms with E-state index in [2.05, 4.69) is 30.2 Å². The summed E-state index contributed by atoms with van der Waals surface area (Å²) < 4.78 is 38.3. The number of oxazole rings is 1. The molecule has 3 N–H and O–H groups in total. The molecule has 0 saturated carbocycles. The molecule has 0 fully saturated rings. The summed E-state index contributed by atoms with van der Waals surface area (Å²) in [6, 6.07) is 1.42. The number of nitrogens with zero attached hydrogens (tertiary/aromatic N) is 5. The molecule has 13 heteroatoms. The molecule has 10 nitrogen and oxygen atoms in total. The minimum atomic E-state index is -1.20. The van der Waals surface area contributed by atoms with Crippen molar-refractivity contribution < 1.29 is 22.7 Å². The highest BCUT2D eigenvalue weighted by atomic mass is 32.2. The number of carbonyl (C=O) groups is 1. The lowest BCUT2D eigenvalue weighted by atomic mass is 9.74.